The fourth-order valence-corrected chi connectivity index (χ4v) is 2.70. The summed E-state index contributed by atoms with van der Waals surface area (Å²) >= 11 is 0. The number of carbonyl (C=O) groups is 4. The average molecular weight is 363 g/mol. The Morgan fingerprint density at radius 1 is 1.35 bits per heavy atom. The summed E-state index contributed by atoms with van der Waals surface area (Å²) in [4.78, 5) is 49.0. The molecule has 10 heteroatoms. The molecule has 10 nitrogen and oxygen atoms in total. The van der Waals surface area contributed by atoms with Gasteiger partial charge >= 0.3 is 12.2 Å². The van der Waals surface area contributed by atoms with Crippen LogP contribution in [0.5, 0.6) is 5.75 Å². The van der Waals surface area contributed by atoms with E-state index >= 15 is 0 Å². The third-order valence-corrected chi connectivity index (χ3v) is 3.91. The van der Waals surface area contributed by atoms with Gasteiger partial charge in [-0.2, -0.15) is 0 Å². The van der Waals surface area contributed by atoms with Crippen LogP contribution in [0.4, 0.5) is 21.0 Å². The zero-order valence-electron chi connectivity index (χ0n) is 14.2. The second-order valence-corrected chi connectivity index (χ2v) is 5.69. The number of hydrogen-bond donors (Lipinski definition) is 1. The number of nitrogens with one attached hydrogen (secondary N) is 1. The van der Waals surface area contributed by atoms with E-state index in [2.05, 4.69) is 10.1 Å². The van der Waals surface area contributed by atoms with Gasteiger partial charge in [0.15, 0.2) is 6.61 Å². The van der Waals surface area contributed by atoms with E-state index in [0.717, 1.165) is 4.90 Å². The summed E-state index contributed by atoms with van der Waals surface area (Å²) in [6.45, 7) is 1.52. The Morgan fingerprint density at radius 3 is 2.81 bits per heavy atom. The predicted octanol–water partition coefficient (Wildman–Crippen LogP) is 0.640. The number of methoxy groups -OCH3 is 1. The van der Waals surface area contributed by atoms with Crippen LogP contribution < -0.4 is 19.9 Å². The third-order valence-electron chi connectivity index (χ3n) is 3.91. The minimum Gasteiger partial charge on any atom is -0.481 e. The number of imide groups is 1. The molecule has 26 heavy (non-hydrogen) atoms. The van der Waals surface area contributed by atoms with E-state index in [0.29, 0.717) is 5.69 Å². The molecule has 4 amide bonds. The van der Waals surface area contributed by atoms with Crippen LogP contribution in [0.2, 0.25) is 0 Å². The maximum absolute atomic E-state index is 12.1. The number of hydrogen-bond acceptors (Lipinski definition) is 7. The quantitative estimate of drug-likeness (QED) is 0.838. The van der Waals surface area contributed by atoms with Crippen molar-refractivity contribution in [1.29, 1.82) is 0 Å². The van der Waals surface area contributed by atoms with E-state index in [-0.39, 0.29) is 37.0 Å². The van der Waals surface area contributed by atoms with Crippen LogP contribution in [0.3, 0.4) is 0 Å². The summed E-state index contributed by atoms with van der Waals surface area (Å²) in [6, 6.07) is 4.60. The molecule has 0 aliphatic carbocycles. The van der Waals surface area contributed by atoms with Gasteiger partial charge in [-0.1, -0.05) is 0 Å². The first kappa shape index (κ1) is 17.5. The molecule has 1 aromatic rings. The number of ether oxygens (including phenoxy) is 3. The number of nitrogens with zero attached hydrogens (tertiary/aromatic N) is 2. The molecular weight excluding hydrogens is 346 g/mol. The smallest absolute Gasteiger partial charge is 0.421 e. The summed E-state index contributed by atoms with van der Waals surface area (Å²) in [7, 11) is 1.18. The van der Waals surface area contributed by atoms with Crippen molar-refractivity contribution in [1.82, 2.24) is 5.32 Å². The van der Waals surface area contributed by atoms with Gasteiger partial charge in [0.1, 0.15) is 11.9 Å². The van der Waals surface area contributed by atoms with E-state index in [4.69, 9.17) is 9.47 Å². The van der Waals surface area contributed by atoms with Crippen LogP contribution in [0.25, 0.3) is 0 Å². The molecule has 2 aliphatic heterocycles. The fourth-order valence-electron chi connectivity index (χ4n) is 2.70. The highest BCUT2D eigenvalue weighted by Gasteiger charge is 2.35. The van der Waals surface area contributed by atoms with Gasteiger partial charge in [0, 0.05) is 13.0 Å². The van der Waals surface area contributed by atoms with E-state index in [1.54, 1.807) is 12.1 Å². The van der Waals surface area contributed by atoms with E-state index in [1.165, 1.54) is 25.0 Å². The fraction of sp³-hybridized carbons (Fsp3) is 0.375. The number of anilines is 2. The molecule has 0 unspecified atom stereocenters. The molecule has 0 spiro atoms. The van der Waals surface area contributed by atoms with Crippen molar-refractivity contribution in [3.8, 4) is 5.75 Å². The topological polar surface area (TPSA) is 114 Å². The van der Waals surface area contributed by atoms with Crippen LogP contribution >= 0.6 is 0 Å². The highest BCUT2D eigenvalue weighted by molar-refractivity contribution is 6.15. The number of carbonyl (C=O) groups excluding carboxylic acids is 4. The number of fused-ring (bicyclic) bond motifs is 1. The first-order valence-corrected chi connectivity index (χ1v) is 7.81. The highest BCUT2D eigenvalue weighted by Crippen LogP contribution is 2.37. The molecule has 1 aromatic carbocycles. The maximum atomic E-state index is 12.1. The first-order valence-electron chi connectivity index (χ1n) is 7.81. The van der Waals surface area contributed by atoms with Gasteiger partial charge in [-0.15, -0.1) is 0 Å². The Morgan fingerprint density at radius 2 is 2.12 bits per heavy atom. The molecule has 1 N–H and O–H groups in total. The van der Waals surface area contributed by atoms with Gasteiger partial charge in [-0.3, -0.25) is 14.5 Å². The Balaban J connectivity index is 1.81. The van der Waals surface area contributed by atoms with Crippen molar-refractivity contribution in [3.63, 3.8) is 0 Å². The van der Waals surface area contributed by atoms with Crippen molar-refractivity contribution in [2.75, 3.05) is 36.6 Å². The van der Waals surface area contributed by atoms with Crippen molar-refractivity contribution in [2.24, 2.45) is 0 Å². The predicted molar refractivity (Wildman–Crippen MR) is 88.1 cm³/mol. The van der Waals surface area contributed by atoms with Crippen molar-refractivity contribution in [2.45, 2.75) is 13.0 Å². The molecule has 0 bridgehead atoms. The van der Waals surface area contributed by atoms with Crippen molar-refractivity contribution >= 4 is 35.4 Å². The molecule has 1 fully saturated rings. The summed E-state index contributed by atoms with van der Waals surface area (Å²) < 4.78 is 15.2. The molecule has 138 valence electrons. The third kappa shape index (κ3) is 3.25. The van der Waals surface area contributed by atoms with Crippen LogP contribution in [-0.4, -0.2) is 56.9 Å². The minimum atomic E-state index is -0.816. The Hall–Kier alpha value is -3.30. The number of rotatable bonds is 3. The van der Waals surface area contributed by atoms with Crippen LogP contribution in [-0.2, 0) is 19.1 Å². The van der Waals surface area contributed by atoms with E-state index in [9.17, 15) is 19.2 Å². The zero-order chi connectivity index (χ0) is 18.8. The molecule has 2 heterocycles. The number of benzene rings is 1. The first-order chi connectivity index (χ1) is 12.4. The molecule has 1 saturated heterocycles. The summed E-state index contributed by atoms with van der Waals surface area (Å²) in [5, 5.41) is 2.60. The van der Waals surface area contributed by atoms with Crippen molar-refractivity contribution in [3.05, 3.63) is 18.2 Å². The number of cyclic esters (lactones) is 1. The maximum Gasteiger partial charge on any atom is 0.421 e. The Bertz CT molecular complexity index is 779. The SMILES string of the molecule is COC(=O)N1C(=O)COc2cc(N3C[C@H](CNC(C)=O)OC3=O)ccc21. The summed E-state index contributed by atoms with van der Waals surface area (Å²) in [5.41, 5.74) is 0.720. The largest absolute Gasteiger partial charge is 0.481 e. The molecule has 0 aromatic heterocycles. The second-order valence-electron chi connectivity index (χ2n) is 5.69. The Kier molecular flexibility index (Phi) is 4.65. The van der Waals surface area contributed by atoms with Gasteiger partial charge in [-0.25, -0.2) is 14.5 Å². The lowest BCUT2D eigenvalue weighted by atomic mass is 10.2. The van der Waals surface area contributed by atoms with Crippen LogP contribution in [0.1, 0.15) is 6.92 Å². The summed E-state index contributed by atoms with van der Waals surface area (Å²) in [6.07, 6.45) is -1.85. The summed E-state index contributed by atoms with van der Waals surface area (Å²) in [5.74, 6) is -0.493. The number of amides is 4. The monoisotopic (exact) mass is 363 g/mol. The van der Waals surface area contributed by atoms with Gasteiger partial charge in [-0.05, 0) is 12.1 Å². The molecular formula is C16H17N3O7. The van der Waals surface area contributed by atoms with E-state index in [1.807, 2.05) is 0 Å². The van der Waals surface area contributed by atoms with Crippen molar-refractivity contribution < 1.29 is 33.4 Å². The normalized spacial score (nSPS) is 18.8. The van der Waals surface area contributed by atoms with Gasteiger partial charge in [0.2, 0.25) is 5.91 Å². The standard InChI is InChI=1S/C16H17N3O7/c1-9(20)17-6-11-7-18(15(22)26-11)10-3-4-12-13(5-10)25-8-14(21)19(12)16(23)24-2/h3-5,11H,6-8H2,1-2H3,(H,17,20)/t11-/m0/s1. The van der Waals surface area contributed by atoms with Gasteiger partial charge in [0.25, 0.3) is 5.91 Å². The van der Waals surface area contributed by atoms with Crippen LogP contribution in [0.15, 0.2) is 18.2 Å². The average Bonchev–Trinajstić information content (AvgIpc) is 2.99. The molecule has 0 saturated carbocycles. The lowest BCUT2D eigenvalue weighted by Crippen LogP contribution is -2.43. The van der Waals surface area contributed by atoms with Crippen LogP contribution in [0, 0.1) is 0 Å². The molecule has 3 rings (SSSR count). The Labute approximate surface area is 148 Å². The molecule has 0 radical (unpaired) electrons. The molecule has 1 atom stereocenters. The second kappa shape index (κ2) is 6.90. The zero-order valence-corrected chi connectivity index (χ0v) is 14.2. The minimum absolute atomic E-state index is 0.212. The lowest BCUT2D eigenvalue weighted by Gasteiger charge is -2.27. The lowest BCUT2D eigenvalue weighted by molar-refractivity contribution is -0.121. The highest BCUT2D eigenvalue weighted by atomic mass is 16.6. The van der Waals surface area contributed by atoms with Gasteiger partial charge < -0.3 is 19.5 Å². The molecule has 2 aliphatic rings. The van der Waals surface area contributed by atoms with Gasteiger partial charge in [0.05, 0.1) is 31.6 Å². The van der Waals surface area contributed by atoms with E-state index < -0.39 is 24.2 Å².